The Kier molecular flexibility index (Phi) is 9.62. The van der Waals surface area contributed by atoms with Crippen LogP contribution < -0.4 is 15.4 Å². The van der Waals surface area contributed by atoms with E-state index in [1.54, 1.807) is 6.07 Å². The minimum absolute atomic E-state index is 0.00872. The van der Waals surface area contributed by atoms with Crippen LogP contribution in [0.5, 0.6) is 5.75 Å². The van der Waals surface area contributed by atoms with Gasteiger partial charge in [0.2, 0.25) is 0 Å². The number of unbranched alkanes of at least 4 members (excludes halogenated alkanes) is 1. The molecule has 3 heterocycles. The zero-order valence-electron chi connectivity index (χ0n) is 22.7. The first-order valence-electron chi connectivity index (χ1n) is 12.9. The monoisotopic (exact) mass is 607 g/mol. The summed E-state index contributed by atoms with van der Waals surface area (Å²) in [4.78, 5) is 28.3. The molecule has 43 heavy (non-hydrogen) atoms. The van der Waals surface area contributed by atoms with Gasteiger partial charge in [0.15, 0.2) is 11.4 Å². The fourth-order valence-electron chi connectivity index (χ4n) is 3.78. The molecule has 12 nitrogen and oxygen atoms in total. The van der Waals surface area contributed by atoms with Gasteiger partial charge in [0.1, 0.15) is 5.75 Å². The molecule has 17 heteroatoms. The Morgan fingerprint density at radius 2 is 1.42 bits per heavy atom. The summed E-state index contributed by atoms with van der Waals surface area (Å²) in [5.74, 6) is -1.11. The Balaban J connectivity index is 1.17. The number of nitrogens with one attached hydrogen (secondary N) is 2. The molecule has 228 valence electrons. The number of hydrogen-bond acceptors (Lipinski definition) is 8. The Morgan fingerprint density at radius 1 is 0.837 bits per heavy atom. The van der Waals surface area contributed by atoms with E-state index >= 15 is 0 Å². The summed E-state index contributed by atoms with van der Waals surface area (Å²) in [6.45, 7) is 1.40. The topological polar surface area (TPSA) is 142 Å². The third-order valence-electron chi connectivity index (χ3n) is 5.79. The van der Waals surface area contributed by atoms with Crippen molar-refractivity contribution in [3.63, 3.8) is 0 Å². The summed E-state index contributed by atoms with van der Waals surface area (Å²) >= 11 is 0. The molecule has 2 amide bonds. The van der Waals surface area contributed by atoms with Crippen molar-refractivity contribution in [3.05, 3.63) is 83.2 Å². The van der Waals surface area contributed by atoms with Gasteiger partial charge in [-0.2, -0.15) is 22.0 Å². The molecule has 0 saturated heterocycles. The number of hydrogen-bond donors (Lipinski definition) is 2. The summed E-state index contributed by atoms with van der Waals surface area (Å²) in [6.07, 6.45) is -1.77. The molecule has 3 aromatic heterocycles. The summed E-state index contributed by atoms with van der Waals surface area (Å²) in [5, 5.41) is 20.6. The summed E-state index contributed by atoms with van der Waals surface area (Å²) in [5.41, 5.74) is -0.0701. The van der Waals surface area contributed by atoms with E-state index in [-0.39, 0.29) is 35.8 Å². The van der Waals surface area contributed by atoms with Crippen LogP contribution in [0.1, 0.15) is 57.4 Å². The molecule has 0 radical (unpaired) electrons. The van der Waals surface area contributed by atoms with Gasteiger partial charge in [-0.05, 0) is 42.2 Å². The number of rotatable bonds is 13. The van der Waals surface area contributed by atoms with Crippen LogP contribution >= 0.6 is 0 Å². The molecule has 0 atom stereocenters. The lowest BCUT2D eigenvalue weighted by atomic mass is 10.2. The maximum absolute atomic E-state index is 13.1. The molecule has 0 bridgehead atoms. The Labute approximate surface area is 241 Å². The molecule has 4 aromatic rings. The summed E-state index contributed by atoms with van der Waals surface area (Å²) in [7, 11) is 0. The Morgan fingerprint density at radius 3 is 1.98 bits per heavy atom. The summed E-state index contributed by atoms with van der Waals surface area (Å²) in [6, 6.07) is 6.89. The molecule has 4 rings (SSSR count). The average molecular weight is 608 g/mol. The van der Waals surface area contributed by atoms with Gasteiger partial charge in [0, 0.05) is 45.5 Å². The molecule has 2 N–H and O–H groups in total. The lowest BCUT2D eigenvalue weighted by Crippen LogP contribution is -2.23. The second-order valence-corrected chi connectivity index (χ2v) is 9.44. The van der Waals surface area contributed by atoms with Gasteiger partial charge in [-0.1, -0.05) is 22.6 Å². The third kappa shape index (κ3) is 9.54. The quantitative estimate of drug-likeness (QED) is 0.174. The first-order valence-corrected chi connectivity index (χ1v) is 12.9. The van der Waals surface area contributed by atoms with E-state index in [0.29, 0.717) is 44.6 Å². The molecule has 0 aliphatic rings. The number of halogens is 5. The molecule has 1 aromatic carbocycles. The third-order valence-corrected chi connectivity index (χ3v) is 5.79. The number of nitrogens with zero attached hydrogens (tertiary/aromatic N) is 7. The average Bonchev–Trinajstić information content (AvgIpc) is 3.62. The first kappa shape index (κ1) is 31.0. The predicted molar refractivity (Wildman–Crippen MR) is 139 cm³/mol. The van der Waals surface area contributed by atoms with Gasteiger partial charge in [0.25, 0.3) is 11.8 Å². The fraction of sp³-hybridized carbons (Fsp3) is 0.346. The van der Waals surface area contributed by atoms with Crippen molar-refractivity contribution in [2.75, 3.05) is 0 Å². The Bertz CT molecular complexity index is 1550. The zero-order valence-corrected chi connectivity index (χ0v) is 22.7. The van der Waals surface area contributed by atoms with Crippen LogP contribution in [0.3, 0.4) is 0 Å². The van der Waals surface area contributed by atoms with E-state index in [1.807, 2.05) is 0 Å². The number of amides is 2. The highest BCUT2D eigenvalue weighted by Gasteiger charge is 2.31. The second-order valence-electron chi connectivity index (χ2n) is 9.44. The van der Waals surface area contributed by atoms with Crippen LogP contribution in [-0.4, -0.2) is 52.9 Å². The van der Waals surface area contributed by atoms with Crippen LogP contribution in [0.2, 0.25) is 0 Å². The first-order chi connectivity index (χ1) is 20.4. The minimum Gasteiger partial charge on any atom is -0.433 e. The number of ether oxygens (including phenoxy) is 1. The number of carbonyl (C=O) groups is 2. The standard InChI is InChI=1S/C26H26F5N9O3/c1-25(27,28)43-20-6-4-5-17(10-20)12-33-23(41)21-15-39(37-35-21)7-2-3-8-40-16-22(36-38-40)24(42)34-13-18-9-19(14-32-11-18)26(29,30)31/h4-6,9-11,14-16H,2-3,7-8,12-13H2,1H3,(H,33,41)(H,34,42). The highest BCUT2D eigenvalue weighted by atomic mass is 19.4. The van der Waals surface area contributed by atoms with Gasteiger partial charge in [-0.25, -0.2) is 0 Å². The van der Waals surface area contributed by atoms with Gasteiger partial charge in [-0.15, -0.1) is 10.2 Å². The lowest BCUT2D eigenvalue weighted by Gasteiger charge is -2.13. The molecular weight excluding hydrogens is 581 g/mol. The van der Waals surface area contributed by atoms with Crippen molar-refractivity contribution in [1.82, 2.24) is 45.6 Å². The van der Waals surface area contributed by atoms with Crippen LogP contribution in [0.4, 0.5) is 22.0 Å². The van der Waals surface area contributed by atoms with Crippen molar-refractivity contribution < 1.29 is 36.3 Å². The van der Waals surface area contributed by atoms with E-state index in [0.717, 1.165) is 6.07 Å². The zero-order chi connectivity index (χ0) is 31.0. The molecular formula is C26H26F5N9O3. The predicted octanol–water partition coefficient (Wildman–Crippen LogP) is 3.62. The van der Waals surface area contributed by atoms with E-state index < -0.39 is 29.7 Å². The number of pyridine rings is 1. The molecule has 0 saturated carbocycles. The molecule has 0 aliphatic carbocycles. The van der Waals surface area contributed by atoms with Crippen LogP contribution in [-0.2, 0) is 32.4 Å². The van der Waals surface area contributed by atoms with Crippen LogP contribution in [0.15, 0.2) is 55.1 Å². The van der Waals surface area contributed by atoms with Crippen molar-refractivity contribution in [2.45, 2.75) is 58.2 Å². The Hall–Kier alpha value is -4.96. The number of alkyl halides is 5. The van der Waals surface area contributed by atoms with Gasteiger partial charge in [-0.3, -0.25) is 23.9 Å². The summed E-state index contributed by atoms with van der Waals surface area (Å²) < 4.78 is 72.1. The lowest BCUT2D eigenvalue weighted by molar-refractivity contribution is -0.159. The van der Waals surface area contributed by atoms with Crippen molar-refractivity contribution in [1.29, 1.82) is 0 Å². The van der Waals surface area contributed by atoms with Gasteiger partial charge >= 0.3 is 12.3 Å². The number of carbonyl (C=O) groups excluding carboxylic acids is 2. The van der Waals surface area contributed by atoms with Gasteiger partial charge in [0.05, 0.1) is 18.0 Å². The van der Waals surface area contributed by atoms with Crippen molar-refractivity contribution >= 4 is 11.8 Å². The number of benzene rings is 1. The van der Waals surface area contributed by atoms with Crippen molar-refractivity contribution in [3.8, 4) is 5.75 Å². The van der Waals surface area contributed by atoms with E-state index in [2.05, 4.69) is 41.0 Å². The van der Waals surface area contributed by atoms with Crippen molar-refractivity contribution in [2.24, 2.45) is 0 Å². The number of aryl methyl sites for hydroxylation is 2. The highest BCUT2D eigenvalue weighted by Crippen LogP contribution is 2.29. The van der Waals surface area contributed by atoms with Crippen LogP contribution in [0, 0.1) is 0 Å². The van der Waals surface area contributed by atoms with Gasteiger partial charge < -0.3 is 15.4 Å². The largest absolute Gasteiger partial charge is 0.433 e. The molecule has 0 fully saturated rings. The molecule has 0 unspecified atom stereocenters. The van der Waals surface area contributed by atoms with E-state index in [1.165, 1.54) is 46.2 Å². The smallest absolute Gasteiger partial charge is 0.417 e. The maximum Gasteiger partial charge on any atom is 0.417 e. The second kappa shape index (κ2) is 13.3. The highest BCUT2D eigenvalue weighted by molar-refractivity contribution is 5.92. The molecule has 0 spiro atoms. The molecule has 0 aliphatic heterocycles. The minimum atomic E-state index is -4.54. The van der Waals surface area contributed by atoms with E-state index in [9.17, 15) is 31.5 Å². The van der Waals surface area contributed by atoms with Crippen LogP contribution in [0.25, 0.3) is 0 Å². The normalized spacial score (nSPS) is 11.8. The SMILES string of the molecule is CC(F)(F)Oc1cccc(CNC(=O)c2cn(CCCCn3cc(C(=O)NCc4cncc(C(F)(F)F)c4)nn3)nn2)c1. The maximum atomic E-state index is 13.1. The number of aromatic nitrogens is 7. The fourth-order valence-corrected chi connectivity index (χ4v) is 3.78. The van der Waals surface area contributed by atoms with E-state index in [4.69, 9.17) is 0 Å².